The number of benzene rings is 2. The van der Waals surface area contributed by atoms with Crippen LogP contribution in [-0.4, -0.2) is 13.4 Å². The Morgan fingerprint density at radius 1 is 1.11 bits per heavy atom. The van der Waals surface area contributed by atoms with E-state index >= 15 is 0 Å². The highest BCUT2D eigenvalue weighted by Gasteiger charge is 2.07. The number of aldehydes is 1. The molecule has 2 aromatic rings. The number of carbonyl (C=O) groups excluding carboxylic acids is 1. The summed E-state index contributed by atoms with van der Waals surface area (Å²) in [7, 11) is 1.57. The summed E-state index contributed by atoms with van der Waals surface area (Å²) in [5.74, 6) is 1.82. The van der Waals surface area contributed by atoms with Crippen molar-refractivity contribution in [1.29, 1.82) is 0 Å². The Hall–Kier alpha value is -1.81. The van der Waals surface area contributed by atoms with Crippen molar-refractivity contribution >= 4 is 22.2 Å². The zero-order valence-electron chi connectivity index (χ0n) is 10.4. The van der Waals surface area contributed by atoms with Crippen molar-refractivity contribution in [2.45, 2.75) is 5.33 Å². The van der Waals surface area contributed by atoms with Gasteiger partial charge < -0.3 is 9.47 Å². The molecular formula is C15H13BrO3. The highest BCUT2D eigenvalue weighted by Crippen LogP contribution is 2.32. The van der Waals surface area contributed by atoms with Gasteiger partial charge in [0, 0.05) is 10.9 Å². The lowest BCUT2D eigenvalue weighted by atomic mass is 10.2. The van der Waals surface area contributed by atoms with Crippen LogP contribution in [0.25, 0.3) is 0 Å². The smallest absolute Gasteiger partial charge is 0.169 e. The lowest BCUT2D eigenvalue weighted by molar-refractivity contribution is 0.112. The van der Waals surface area contributed by atoms with Crippen molar-refractivity contribution in [3.05, 3.63) is 53.6 Å². The summed E-state index contributed by atoms with van der Waals surface area (Å²) in [4.78, 5) is 10.8. The predicted molar refractivity (Wildman–Crippen MR) is 77.5 cm³/mol. The van der Waals surface area contributed by atoms with Gasteiger partial charge in [0.25, 0.3) is 0 Å². The second-order valence-corrected chi connectivity index (χ2v) is 4.47. The van der Waals surface area contributed by atoms with E-state index in [-0.39, 0.29) is 0 Å². The largest absolute Gasteiger partial charge is 0.493 e. The van der Waals surface area contributed by atoms with Crippen molar-refractivity contribution in [3.63, 3.8) is 0 Å². The van der Waals surface area contributed by atoms with Crippen molar-refractivity contribution < 1.29 is 14.3 Å². The Balaban J connectivity index is 2.27. The molecule has 0 aliphatic rings. The monoisotopic (exact) mass is 320 g/mol. The molecule has 0 radical (unpaired) electrons. The highest BCUT2D eigenvalue weighted by atomic mass is 79.9. The number of rotatable bonds is 5. The fourth-order valence-corrected chi connectivity index (χ4v) is 1.99. The second kappa shape index (κ2) is 6.38. The minimum Gasteiger partial charge on any atom is -0.493 e. The van der Waals surface area contributed by atoms with Gasteiger partial charge >= 0.3 is 0 Å². The van der Waals surface area contributed by atoms with Crippen LogP contribution in [0.2, 0.25) is 0 Å². The van der Waals surface area contributed by atoms with Gasteiger partial charge in [0.2, 0.25) is 0 Å². The van der Waals surface area contributed by atoms with Crippen LogP contribution < -0.4 is 9.47 Å². The summed E-state index contributed by atoms with van der Waals surface area (Å²) in [6, 6.07) is 12.8. The molecule has 0 N–H and O–H groups in total. The minimum atomic E-state index is 0.527. The van der Waals surface area contributed by atoms with E-state index in [1.165, 1.54) is 5.56 Å². The Morgan fingerprint density at radius 2 is 1.84 bits per heavy atom. The lowest BCUT2D eigenvalue weighted by Crippen LogP contribution is -1.92. The molecule has 19 heavy (non-hydrogen) atoms. The molecule has 3 nitrogen and oxygen atoms in total. The van der Waals surface area contributed by atoms with Crippen molar-refractivity contribution in [3.8, 4) is 17.2 Å². The van der Waals surface area contributed by atoms with Gasteiger partial charge in [0.05, 0.1) is 7.11 Å². The number of ether oxygens (including phenoxy) is 2. The highest BCUT2D eigenvalue weighted by molar-refractivity contribution is 9.08. The van der Waals surface area contributed by atoms with Crippen molar-refractivity contribution in [2.24, 2.45) is 0 Å². The second-order valence-electron chi connectivity index (χ2n) is 3.91. The van der Waals surface area contributed by atoms with Gasteiger partial charge in [-0.05, 0) is 35.9 Å². The van der Waals surface area contributed by atoms with Crippen LogP contribution in [0.3, 0.4) is 0 Å². The van der Waals surface area contributed by atoms with Gasteiger partial charge in [0.15, 0.2) is 11.5 Å². The summed E-state index contributed by atoms with van der Waals surface area (Å²) < 4.78 is 11.0. The molecule has 4 heteroatoms. The lowest BCUT2D eigenvalue weighted by Gasteiger charge is -2.11. The molecule has 0 atom stereocenters. The number of carbonyl (C=O) groups is 1. The zero-order valence-corrected chi connectivity index (χ0v) is 12.0. The first-order valence-electron chi connectivity index (χ1n) is 5.73. The predicted octanol–water partition coefficient (Wildman–Crippen LogP) is 4.19. The maximum absolute atomic E-state index is 10.8. The number of halogens is 1. The van der Waals surface area contributed by atoms with E-state index in [1.54, 1.807) is 25.3 Å². The average molecular weight is 321 g/mol. The summed E-state index contributed by atoms with van der Waals surface area (Å²) in [6.45, 7) is 0. The van der Waals surface area contributed by atoms with E-state index in [0.717, 1.165) is 11.6 Å². The molecule has 0 saturated heterocycles. The van der Waals surface area contributed by atoms with E-state index < -0.39 is 0 Å². The summed E-state index contributed by atoms with van der Waals surface area (Å²) >= 11 is 3.39. The normalized spacial score (nSPS) is 10.0. The fourth-order valence-electron chi connectivity index (χ4n) is 1.62. The Morgan fingerprint density at radius 3 is 2.42 bits per heavy atom. The van der Waals surface area contributed by atoms with Crippen LogP contribution in [0.1, 0.15) is 15.9 Å². The molecule has 0 fully saturated rings. The SMILES string of the molecule is COc1ccc(C=O)cc1Oc1ccc(CBr)cc1. The minimum absolute atomic E-state index is 0.527. The number of alkyl halides is 1. The van der Waals surface area contributed by atoms with E-state index in [9.17, 15) is 4.79 Å². The first-order chi connectivity index (χ1) is 9.26. The molecule has 2 rings (SSSR count). The number of methoxy groups -OCH3 is 1. The molecule has 0 bridgehead atoms. The van der Waals surface area contributed by atoms with Crippen LogP contribution in [-0.2, 0) is 5.33 Å². The molecule has 0 aliphatic carbocycles. The van der Waals surface area contributed by atoms with Gasteiger partial charge in [-0.15, -0.1) is 0 Å². The van der Waals surface area contributed by atoms with E-state index in [4.69, 9.17) is 9.47 Å². The standard InChI is InChI=1S/C15H13BrO3/c1-18-14-7-4-12(10-17)8-15(14)19-13-5-2-11(9-16)3-6-13/h2-8,10H,9H2,1H3. The third kappa shape index (κ3) is 3.35. The molecule has 2 aromatic carbocycles. The Kier molecular flexibility index (Phi) is 4.58. The first kappa shape index (κ1) is 13.6. The van der Waals surface area contributed by atoms with E-state index in [1.807, 2.05) is 24.3 Å². The van der Waals surface area contributed by atoms with Crippen LogP contribution in [0, 0.1) is 0 Å². The molecule has 0 aromatic heterocycles. The van der Waals surface area contributed by atoms with Gasteiger partial charge in [0.1, 0.15) is 12.0 Å². The molecule has 98 valence electrons. The van der Waals surface area contributed by atoms with Gasteiger partial charge in [-0.1, -0.05) is 28.1 Å². The topological polar surface area (TPSA) is 35.5 Å². The third-order valence-electron chi connectivity index (χ3n) is 2.63. The maximum atomic E-state index is 10.8. The number of hydrogen-bond donors (Lipinski definition) is 0. The van der Waals surface area contributed by atoms with Crippen LogP contribution in [0.15, 0.2) is 42.5 Å². The quantitative estimate of drug-likeness (QED) is 0.612. The van der Waals surface area contributed by atoms with Gasteiger partial charge in [-0.25, -0.2) is 0 Å². The summed E-state index contributed by atoms with van der Waals surface area (Å²) in [5, 5.41) is 0.803. The zero-order chi connectivity index (χ0) is 13.7. The molecule has 0 saturated carbocycles. The average Bonchev–Trinajstić information content (AvgIpc) is 2.48. The molecule has 0 unspecified atom stereocenters. The Bertz CT molecular complexity index is 564. The molecule has 0 aliphatic heterocycles. The van der Waals surface area contributed by atoms with Gasteiger partial charge in [-0.2, -0.15) is 0 Å². The molecular weight excluding hydrogens is 308 g/mol. The van der Waals surface area contributed by atoms with E-state index in [0.29, 0.717) is 22.8 Å². The van der Waals surface area contributed by atoms with Crippen molar-refractivity contribution in [2.75, 3.05) is 7.11 Å². The van der Waals surface area contributed by atoms with Crippen LogP contribution in [0.4, 0.5) is 0 Å². The van der Waals surface area contributed by atoms with Crippen LogP contribution >= 0.6 is 15.9 Å². The van der Waals surface area contributed by atoms with Gasteiger partial charge in [-0.3, -0.25) is 4.79 Å². The maximum Gasteiger partial charge on any atom is 0.169 e. The molecule has 0 spiro atoms. The summed E-state index contributed by atoms with van der Waals surface area (Å²) in [6.07, 6.45) is 0.778. The fraction of sp³-hybridized carbons (Fsp3) is 0.133. The third-order valence-corrected chi connectivity index (χ3v) is 3.28. The Labute approximate surface area is 120 Å². The number of hydrogen-bond acceptors (Lipinski definition) is 3. The van der Waals surface area contributed by atoms with Crippen LogP contribution in [0.5, 0.6) is 17.2 Å². The summed E-state index contributed by atoms with van der Waals surface area (Å²) in [5.41, 5.74) is 1.72. The molecule has 0 heterocycles. The van der Waals surface area contributed by atoms with Crippen molar-refractivity contribution in [1.82, 2.24) is 0 Å². The molecule has 0 amide bonds. The van der Waals surface area contributed by atoms with E-state index in [2.05, 4.69) is 15.9 Å². The first-order valence-corrected chi connectivity index (χ1v) is 6.85.